The van der Waals surface area contributed by atoms with Crippen LogP contribution in [-0.4, -0.2) is 0 Å². The monoisotopic (exact) mass is 386 g/mol. The van der Waals surface area contributed by atoms with E-state index in [1.165, 1.54) is 51.4 Å². The van der Waals surface area contributed by atoms with E-state index in [-0.39, 0.29) is 0 Å². The highest BCUT2D eigenvalue weighted by molar-refractivity contribution is 5.12. The second kappa shape index (κ2) is 10.8. The summed E-state index contributed by atoms with van der Waals surface area (Å²) >= 11 is 0. The topological polar surface area (TPSA) is 0 Å². The van der Waals surface area contributed by atoms with Crippen molar-refractivity contribution in [1.82, 2.24) is 0 Å². The van der Waals surface area contributed by atoms with Gasteiger partial charge >= 0.3 is 0 Å². The van der Waals surface area contributed by atoms with Crippen LogP contribution in [0.15, 0.2) is 36.0 Å². The van der Waals surface area contributed by atoms with Crippen LogP contribution in [0, 0.1) is 28.1 Å². The lowest BCUT2D eigenvalue weighted by Crippen LogP contribution is -2.16. The van der Waals surface area contributed by atoms with E-state index in [0.717, 1.165) is 11.8 Å². The van der Waals surface area contributed by atoms with Crippen molar-refractivity contribution in [3.63, 3.8) is 0 Å². The molecule has 0 fully saturated rings. The zero-order valence-electron chi connectivity index (χ0n) is 20.7. The van der Waals surface area contributed by atoms with Gasteiger partial charge in [0.05, 0.1) is 0 Å². The van der Waals surface area contributed by atoms with Crippen molar-refractivity contribution in [2.75, 3.05) is 0 Å². The van der Waals surface area contributed by atoms with Crippen molar-refractivity contribution in [2.24, 2.45) is 28.1 Å². The normalized spacial score (nSPS) is 22.9. The molecule has 0 N–H and O–H groups in total. The third kappa shape index (κ3) is 9.62. The Balaban J connectivity index is 0.000000210. The number of hydrogen-bond donors (Lipinski definition) is 0. The van der Waals surface area contributed by atoms with Gasteiger partial charge in [0.2, 0.25) is 0 Å². The summed E-state index contributed by atoms with van der Waals surface area (Å²) in [4.78, 5) is 0. The molecule has 1 unspecified atom stereocenters. The van der Waals surface area contributed by atoms with Crippen molar-refractivity contribution >= 4 is 0 Å². The number of allylic oxidation sites excluding steroid dienone is 6. The van der Waals surface area contributed by atoms with Gasteiger partial charge in [0.1, 0.15) is 0 Å². The third-order valence-electron chi connectivity index (χ3n) is 6.61. The lowest BCUT2D eigenvalue weighted by Gasteiger charge is -2.26. The molecule has 0 saturated heterocycles. The molecule has 0 saturated carbocycles. The largest absolute Gasteiger partial charge is 0.0882 e. The lowest BCUT2D eigenvalue weighted by atomic mass is 9.79. The minimum Gasteiger partial charge on any atom is -0.0882 e. The molecule has 0 radical (unpaired) electrons. The zero-order chi connectivity index (χ0) is 21.4. The van der Waals surface area contributed by atoms with Crippen LogP contribution in [0.1, 0.15) is 114 Å². The molecule has 0 aromatic carbocycles. The summed E-state index contributed by atoms with van der Waals surface area (Å²) in [6.07, 6.45) is 22.4. The SMILES string of the molecule is CC(C)(C)C1=CCCCC1.CC(C)(C)C1C=CCC1.CC(C)(C)C1CC=CC1. The van der Waals surface area contributed by atoms with Crippen molar-refractivity contribution in [1.29, 1.82) is 0 Å². The highest BCUT2D eigenvalue weighted by Gasteiger charge is 2.24. The van der Waals surface area contributed by atoms with E-state index in [4.69, 9.17) is 0 Å². The van der Waals surface area contributed by atoms with E-state index < -0.39 is 0 Å². The molecule has 0 amide bonds. The molecule has 0 aromatic heterocycles. The molecule has 0 spiro atoms. The van der Waals surface area contributed by atoms with Gasteiger partial charge in [-0.1, -0.05) is 98.3 Å². The van der Waals surface area contributed by atoms with E-state index in [0.29, 0.717) is 16.2 Å². The second-order valence-corrected chi connectivity index (χ2v) is 12.2. The van der Waals surface area contributed by atoms with Crippen LogP contribution in [0.2, 0.25) is 0 Å². The molecule has 0 nitrogen and oxygen atoms in total. The van der Waals surface area contributed by atoms with Gasteiger partial charge in [-0.05, 0) is 79.4 Å². The maximum atomic E-state index is 2.43. The van der Waals surface area contributed by atoms with Crippen molar-refractivity contribution in [2.45, 2.75) is 114 Å². The standard InChI is InChI=1S/C10H18.2C9H16/c1-10(2,3)9-7-5-4-6-8-9;2*1-9(2,3)8-6-4-5-7-8/h7H,4-6,8H2,1-3H3;4,6,8H,5,7H2,1-3H3;4-5,8H,6-7H2,1-3H3. The molecule has 0 bridgehead atoms. The summed E-state index contributed by atoms with van der Waals surface area (Å²) in [6.45, 7) is 20.8. The average molecular weight is 387 g/mol. The van der Waals surface area contributed by atoms with Crippen LogP contribution in [0.25, 0.3) is 0 Å². The number of rotatable bonds is 0. The molecule has 0 aromatic rings. The molecule has 28 heavy (non-hydrogen) atoms. The Hall–Kier alpha value is -0.780. The highest BCUT2D eigenvalue weighted by Crippen LogP contribution is 2.35. The maximum absolute atomic E-state index is 2.43. The molecule has 0 aliphatic heterocycles. The van der Waals surface area contributed by atoms with Crippen molar-refractivity contribution < 1.29 is 0 Å². The van der Waals surface area contributed by atoms with Crippen LogP contribution < -0.4 is 0 Å². The van der Waals surface area contributed by atoms with E-state index >= 15 is 0 Å². The Morgan fingerprint density at radius 3 is 1.57 bits per heavy atom. The van der Waals surface area contributed by atoms with Crippen LogP contribution >= 0.6 is 0 Å². The molecule has 0 heteroatoms. The van der Waals surface area contributed by atoms with Gasteiger partial charge in [-0.3, -0.25) is 0 Å². The molecule has 162 valence electrons. The van der Waals surface area contributed by atoms with E-state index in [1.54, 1.807) is 5.57 Å². The molecular weight excluding hydrogens is 336 g/mol. The van der Waals surface area contributed by atoms with Crippen LogP contribution in [-0.2, 0) is 0 Å². The van der Waals surface area contributed by atoms with E-state index in [1.807, 2.05) is 0 Å². The first-order chi connectivity index (χ1) is 12.8. The van der Waals surface area contributed by atoms with Gasteiger partial charge in [-0.25, -0.2) is 0 Å². The fourth-order valence-electron chi connectivity index (χ4n) is 4.20. The van der Waals surface area contributed by atoms with Gasteiger partial charge < -0.3 is 0 Å². The first-order valence-corrected chi connectivity index (χ1v) is 11.8. The molecule has 3 rings (SSSR count). The quantitative estimate of drug-likeness (QED) is 0.363. The molecule has 3 aliphatic carbocycles. The number of hydrogen-bond acceptors (Lipinski definition) is 0. The van der Waals surface area contributed by atoms with Crippen LogP contribution in [0.3, 0.4) is 0 Å². The summed E-state index contributed by atoms with van der Waals surface area (Å²) in [7, 11) is 0. The maximum Gasteiger partial charge on any atom is -0.0173 e. The Morgan fingerprint density at radius 2 is 1.32 bits per heavy atom. The summed E-state index contributed by atoms with van der Waals surface area (Å²) in [5.74, 6) is 1.73. The van der Waals surface area contributed by atoms with Gasteiger partial charge in [0.25, 0.3) is 0 Å². The van der Waals surface area contributed by atoms with Crippen molar-refractivity contribution in [3.05, 3.63) is 36.0 Å². The van der Waals surface area contributed by atoms with E-state index in [9.17, 15) is 0 Å². The molecule has 1 atom stereocenters. The highest BCUT2D eigenvalue weighted by atomic mass is 14.3. The smallest absolute Gasteiger partial charge is 0.0173 e. The molecule has 0 heterocycles. The van der Waals surface area contributed by atoms with Crippen molar-refractivity contribution in [3.8, 4) is 0 Å². The van der Waals surface area contributed by atoms with Gasteiger partial charge in [0, 0.05) is 0 Å². The van der Waals surface area contributed by atoms with Crippen LogP contribution in [0.5, 0.6) is 0 Å². The second-order valence-electron chi connectivity index (χ2n) is 12.2. The Labute approximate surface area is 178 Å². The Kier molecular flexibility index (Phi) is 9.78. The summed E-state index contributed by atoms with van der Waals surface area (Å²) in [6, 6.07) is 0. The molecular formula is C28H50. The first kappa shape index (κ1) is 25.3. The minimum atomic E-state index is 0.431. The fourth-order valence-corrected chi connectivity index (χ4v) is 4.20. The summed E-state index contributed by atoms with van der Waals surface area (Å²) in [5.41, 5.74) is 3.11. The lowest BCUT2D eigenvalue weighted by molar-refractivity contribution is 0.254. The van der Waals surface area contributed by atoms with Gasteiger partial charge in [0.15, 0.2) is 0 Å². The van der Waals surface area contributed by atoms with Gasteiger partial charge in [-0.15, -0.1) is 0 Å². The fraction of sp³-hybridized carbons (Fsp3) is 0.786. The minimum absolute atomic E-state index is 0.431. The third-order valence-corrected chi connectivity index (χ3v) is 6.61. The Bertz CT molecular complexity index is 514. The summed E-state index contributed by atoms with van der Waals surface area (Å²) in [5, 5.41) is 0. The predicted molar refractivity (Wildman–Crippen MR) is 129 cm³/mol. The van der Waals surface area contributed by atoms with Gasteiger partial charge in [-0.2, -0.15) is 0 Å². The predicted octanol–water partition coefficient (Wildman–Crippen LogP) is 9.53. The average Bonchev–Trinajstić information content (AvgIpc) is 3.29. The zero-order valence-corrected chi connectivity index (χ0v) is 20.7. The summed E-state index contributed by atoms with van der Waals surface area (Å²) < 4.78 is 0. The van der Waals surface area contributed by atoms with E-state index in [2.05, 4.69) is 92.7 Å². The molecule has 3 aliphatic rings. The Morgan fingerprint density at radius 1 is 0.714 bits per heavy atom. The van der Waals surface area contributed by atoms with Crippen LogP contribution in [0.4, 0.5) is 0 Å². The first-order valence-electron chi connectivity index (χ1n) is 11.8.